The lowest BCUT2D eigenvalue weighted by Gasteiger charge is -2.12. The highest BCUT2D eigenvalue weighted by atomic mass is 15.4. The van der Waals surface area contributed by atoms with Gasteiger partial charge >= 0.3 is 0 Å². The third-order valence-corrected chi connectivity index (χ3v) is 2.04. The lowest BCUT2D eigenvalue weighted by atomic mass is 10.6. The highest BCUT2D eigenvalue weighted by Crippen LogP contribution is 2.04. The highest BCUT2D eigenvalue weighted by Gasteiger charge is 1.98. The van der Waals surface area contributed by atoms with E-state index in [1.54, 1.807) is 4.68 Å². The van der Waals surface area contributed by atoms with Gasteiger partial charge < -0.3 is 4.90 Å². The van der Waals surface area contributed by atoms with Crippen LogP contribution in [0, 0.1) is 0 Å². The molecule has 0 N–H and O–H groups in total. The quantitative estimate of drug-likeness (QED) is 0.525. The molecule has 0 saturated heterocycles. The van der Waals surface area contributed by atoms with Crippen molar-refractivity contribution >= 4 is 12.3 Å². The van der Waals surface area contributed by atoms with Crippen LogP contribution in [0.2, 0.25) is 0 Å². The number of rotatable bonds is 5. The second-order valence-electron chi connectivity index (χ2n) is 2.84. The first kappa shape index (κ1) is 10.7. The Kier molecular flexibility index (Phi) is 4.10. The molecule has 0 aromatic carbocycles. The van der Waals surface area contributed by atoms with E-state index < -0.39 is 0 Å². The zero-order valence-electron chi connectivity index (χ0n) is 9.01. The molecule has 0 unspecified atom stereocenters. The molecule has 78 valence electrons. The lowest BCUT2D eigenvalue weighted by molar-refractivity contribution is 0.479. The number of aromatic nitrogens is 3. The molecular formula is C9H17N5. The maximum absolute atomic E-state index is 4.27. The summed E-state index contributed by atoms with van der Waals surface area (Å²) in [4.78, 5) is 10.4. The average Bonchev–Trinajstić information content (AvgIpc) is 2.67. The van der Waals surface area contributed by atoms with Crippen LogP contribution in [0.3, 0.4) is 0 Å². The van der Waals surface area contributed by atoms with Crippen molar-refractivity contribution in [3.05, 3.63) is 6.33 Å². The molecular weight excluding hydrogens is 178 g/mol. The summed E-state index contributed by atoms with van der Waals surface area (Å²) < 4.78 is 1.76. The smallest absolute Gasteiger partial charge is 0.249 e. The highest BCUT2D eigenvalue weighted by molar-refractivity contribution is 5.58. The minimum Gasteiger partial charge on any atom is -0.363 e. The molecule has 0 aliphatic carbocycles. The standard InChI is InChI=1S/C9H17N5/c1-4-13(5-2)8-11-9-10-7-12-14(9)6-3/h7-8H,4-6H2,1-3H3/b11-8+. The molecule has 5 nitrogen and oxygen atoms in total. The zero-order valence-corrected chi connectivity index (χ0v) is 9.01. The number of hydrogen-bond donors (Lipinski definition) is 0. The summed E-state index contributed by atoms with van der Waals surface area (Å²) in [5, 5.41) is 4.04. The van der Waals surface area contributed by atoms with Gasteiger partial charge in [0, 0.05) is 19.6 Å². The van der Waals surface area contributed by atoms with E-state index in [1.165, 1.54) is 6.33 Å². The summed E-state index contributed by atoms with van der Waals surface area (Å²) in [5.74, 6) is 0.666. The van der Waals surface area contributed by atoms with Crippen LogP contribution >= 0.6 is 0 Å². The zero-order chi connectivity index (χ0) is 10.4. The number of hydrogen-bond acceptors (Lipinski definition) is 3. The Labute approximate surface area is 84.5 Å². The van der Waals surface area contributed by atoms with Gasteiger partial charge in [-0.05, 0) is 20.8 Å². The third-order valence-electron chi connectivity index (χ3n) is 2.04. The largest absolute Gasteiger partial charge is 0.363 e. The van der Waals surface area contributed by atoms with E-state index in [0.29, 0.717) is 5.95 Å². The summed E-state index contributed by atoms with van der Waals surface area (Å²) in [6, 6.07) is 0. The van der Waals surface area contributed by atoms with Crippen LogP contribution in [0.15, 0.2) is 11.3 Å². The molecule has 1 aromatic rings. The van der Waals surface area contributed by atoms with Crippen molar-refractivity contribution in [1.29, 1.82) is 0 Å². The van der Waals surface area contributed by atoms with E-state index in [9.17, 15) is 0 Å². The van der Waals surface area contributed by atoms with Crippen molar-refractivity contribution in [2.75, 3.05) is 13.1 Å². The van der Waals surface area contributed by atoms with Gasteiger partial charge in [0.05, 0.1) is 6.34 Å². The molecule has 0 fully saturated rings. The van der Waals surface area contributed by atoms with Crippen molar-refractivity contribution < 1.29 is 0 Å². The van der Waals surface area contributed by atoms with Gasteiger partial charge in [0.15, 0.2) is 0 Å². The van der Waals surface area contributed by atoms with Crippen LogP contribution in [0.5, 0.6) is 0 Å². The van der Waals surface area contributed by atoms with E-state index in [4.69, 9.17) is 0 Å². The van der Waals surface area contributed by atoms with Crippen LogP contribution in [0.4, 0.5) is 5.95 Å². The summed E-state index contributed by atoms with van der Waals surface area (Å²) in [6.45, 7) is 8.93. The molecule has 0 amide bonds. The van der Waals surface area contributed by atoms with Gasteiger partial charge in [0.25, 0.3) is 0 Å². The Morgan fingerprint density at radius 3 is 2.71 bits per heavy atom. The van der Waals surface area contributed by atoms with E-state index in [0.717, 1.165) is 19.6 Å². The van der Waals surface area contributed by atoms with Crippen molar-refractivity contribution in [2.24, 2.45) is 4.99 Å². The van der Waals surface area contributed by atoms with Gasteiger partial charge in [0.1, 0.15) is 6.33 Å². The molecule has 0 aliphatic heterocycles. The third kappa shape index (κ3) is 2.55. The van der Waals surface area contributed by atoms with Crippen molar-refractivity contribution in [2.45, 2.75) is 27.3 Å². The lowest BCUT2D eigenvalue weighted by Crippen LogP contribution is -2.20. The van der Waals surface area contributed by atoms with Gasteiger partial charge in [-0.1, -0.05) is 0 Å². The monoisotopic (exact) mass is 195 g/mol. The first-order chi connectivity index (χ1) is 6.81. The molecule has 1 heterocycles. The fourth-order valence-corrected chi connectivity index (χ4v) is 1.10. The van der Waals surface area contributed by atoms with Crippen LogP contribution in [0.25, 0.3) is 0 Å². The van der Waals surface area contributed by atoms with Crippen LogP contribution in [-0.4, -0.2) is 39.1 Å². The normalized spacial score (nSPS) is 11.1. The molecule has 0 radical (unpaired) electrons. The first-order valence-corrected chi connectivity index (χ1v) is 4.97. The Balaban J connectivity index is 2.67. The van der Waals surface area contributed by atoms with Crippen molar-refractivity contribution in [3.8, 4) is 0 Å². The number of aliphatic imine (C=N–C) groups is 1. The summed E-state index contributed by atoms with van der Waals surface area (Å²) in [5.41, 5.74) is 0. The topological polar surface area (TPSA) is 46.3 Å². The molecule has 14 heavy (non-hydrogen) atoms. The summed E-state index contributed by atoms with van der Waals surface area (Å²) >= 11 is 0. The van der Waals surface area contributed by atoms with Crippen LogP contribution in [-0.2, 0) is 6.54 Å². The minimum absolute atomic E-state index is 0.666. The summed E-state index contributed by atoms with van der Waals surface area (Å²) in [7, 11) is 0. The molecule has 1 rings (SSSR count). The predicted octanol–water partition coefficient (Wildman–Crippen LogP) is 1.30. The molecule has 0 bridgehead atoms. The van der Waals surface area contributed by atoms with Crippen molar-refractivity contribution in [1.82, 2.24) is 19.7 Å². The second-order valence-corrected chi connectivity index (χ2v) is 2.84. The Morgan fingerprint density at radius 2 is 2.14 bits per heavy atom. The van der Waals surface area contributed by atoms with Crippen LogP contribution in [0.1, 0.15) is 20.8 Å². The molecule has 0 spiro atoms. The Hall–Kier alpha value is -1.39. The van der Waals surface area contributed by atoms with E-state index in [1.807, 2.05) is 13.3 Å². The maximum Gasteiger partial charge on any atom is 0.249 e. The van der Waals surface area contributed by atoms with Gasteiger partial charge in [-0.3, -0.25) is 0 Å². The predicted molar refractivity (Wildman–Crippen MR) is 56.8 cm³/mol. The maximum atomic E-state index is 4.27. The average molecular weight is 195 g/mol. The first-order valence-electron chi connectivity index (χ1n) is 4.97. The van der Waals surface area contributed by atoms with Crippen LogP contribution < -0.4 is 0 Å². The second kappa shape index (κ2) is 5.36. The van der Waals surface area contributed by atoms with Gasteiger partial charge in [-0.15, -0.1) is 0 Å². The number of nitrogens with zero attached hydrogens (tertiary/aromatic N) is 5. The SMILES string of the molecule is CCN(/C=N/c1ncnn1CC)CC. The van der Waals surface area contributed by atoms with E-state index in [2.05, 4.69) is 33.8 Å². The van der Waals surface area contributed by atoms with Gasteiger partial charge in [-0.25, -0.2) is 9.67 Å². The molecule has 1 aromatic heterocycles. The van der Waals surface area contributed by atoms with Gasteiger partial charge in [0.2, 0.25) is 5.95 Å². The fourth-order valence-electron chi connectivity index (χ4n) is 1.10. The Morgan fingerprint density at radius 1 is 1.43 bits per heavy atom. The molecule has 0 saturated carbocycles. The van der Waals surface area contributed by atoms with E-state index in [-0.39, 0.29) is 0 Å². The molecule has 0 aliphatic rings. The Bertz CT molecular complexity index is 287. The molecule has 0 atom stereocenters. The van der Waals surface area contributed by atoms with Gasteiger partial charge in [-0.2, -0.15) is 10.1 Å². The fraction of sp³-hybridized carbons (Fsp3) is 0.667. The van der Waals surface area contributed by atoms with Crippen molar-refractivity contribution in [3.63, 3.8) is 0 Å². The summed E-state index contributed by atoms with van der Waals surface area (Å²) in [6.07, 6.45) is 3.34. The number of aryl methyl sites for hydroxylation is 1. The van der Waals surface area contributed by atoms with E-state index >= 15 is 0 Å². The molecule has 5 heteroatoms. The minimum atomic E-state index is 0.666.